The zero-order valence-electron chi connectivity index (χ0n) is 11.9. The van der Waals surface area contributed by atoms with Gasteiger partial charge in [-0.05, 0) is 66.5 Å². The maximum absolute atomic E-state index is 6.16. The SMILES string of the molecule is Cc1ccc(Br)c(Nc2cccc(OC(C)C)c2N)c1. The van der Waals surface area contributed by atoms with E-state index in [1.165, 1.54) is 5.56 Å². The van der Waals surface area contributed by atoms with Gasteiger partial charge in [0.05, 0.1) is 23.2 Å². The molecule has 0 atom stereocenters. The third-order valence-corrected chi connectivity index (χ3v) is 3.51. The molecule has 0 heterocycles. The van der Waals surface area contributed by atoms with Crippen LogP contribution in [0.2, 0.25) is 0 Å². The number of benzene rings is 2. The smallest absolute Gasteiger partial charge is 0.144 e. The molecule has 0 fully saturated rings. The summed E-state index contributed by atoms with van der Waals surface area (Å²) in [7, 11) is 0. The molecule has 0 aliphatic rings. The van der Waals surface area contributed by atoms with E-state index in [4.69, 9.17) is 10.5 Å². The fraction of sp³-hybridized carbons (Fsp3) is 0.250. The summed E-state index contributed by atoms with van der Waals surface area (Å²) >= 11 is 3.54. The Balaban J connectivity index is 2.32. The van der Waals surface area contributed by atoms with Crippen molar-refractivity contribution in [3.63, 3.8) is 0 Å². The van der Waals surface area contributed by atoms with Gasteiger partial charge in [0.2, 0.25) is 0 Å². The Morgan fingerprint density at radius 3 is 2.60 bits per heavy atom. The van der Waals surface area contributed by atoms with Gasteiger partial charge in [-0.15, -0.1) is 0 Å². The number of hydrogen-bond acceptors (Lipinski definition) is 3. The average molecular weight is 335 g/mol. The first kappa shape index (κ1) is 14.7. The van der Waals surface area contributed by atoms with Crippen molar-refractivity contribution in [3.05, 3.63) is 46.4 Å². The summed E-state index contributed by atoms with van der Waals surface area (Å²) in [6, 6.07) is 11.9. The van der Waals surface area contributed by atoms with Crippen molar-refractivity contribution in [2.75, 3.05) is 11.1 Å². The van der Waals surface area contributed by atoms with Crippen LogP contribution in [-0.4, -0.2) is 6.10 Å². The van der Waals surface area contributed by atoms with Crippen molar-refractivity contribution in [2.45, 2.75) is 26.9 Å². The Morgan fingerprint density at radius 2 is 1.90 bits per heavy atom. The molecule has 0 saturated heterocycles. The molecule has 0 saturated carbocycles. The van der Waals surface area contributed by atoms with E-state index in [1.807, 2.05) is 38.1 Å². The van der Waals surface area contributed by atoms with E-state index in [0.29, 0.717) is 11.4 Å². The molecule has 2 aromatic rings. The number of nitrogens with two attached hydrogens (primary N) is 1. The van der Waals surface area contributed by atoms with Gasteiger partial charge in [-0.2, -0.15) is 0 Å². The predicted molar refractivity (Wildman–Crippen MR) is 88.8 cm³/mol. The van der Waals surface area contributed by atoms with Crippen LogP contribution in [0.15, 0.2) is 40.9 Å². The molecule has 0 unspecified atom stereocenters. The number of para-hydroxylation sites is 1. The fourth-order valence-electron chi connectivity index (χ4n) is 1.89. The first-order valence-corrected chi connectivity index (χ1v) is 7.35. The van der Waals surface area contributed by atoms with Crippen LogP contribution in [0, 0.1) is 6.92 Å². The van der Waals surface area contributed by atoms with Crippen molar-refractivity contribution in [3.8, 4) is 5.75 Å². The zero-order chi connectivity index (χ0) is 14.7. The molecule has 2 rings (SSSR count). The maximum Gasteiger partial charge on any atom is 0.144 e. The molecule has 106 valence electrons. The molecule has 0 amide bonds. The van der Waals surface area contributed by atoms with Crippen LogP contribution in [0.25, 0.3) is 0 Å². The highest BCUT2D eigenvalue weighted by atomic mass is 79.9. The lowest BCUT2D eigenvalue weighted by Crippen LogP contribution is -2.08. The van der Waals surface area contributed by atoms with Gasteiger partial charge in [-0.1, -0.05) is 12.1 Å². The normalized spacial score (nSPS) is 10.7. The Kier molecular flexibility index (Phi) is 4.55. The Hall–Kier alpha value is -1.68. The summed E-state index contributed by atoms with van der Waals surface area (Å²) in [5.74, 6) is 0.703. The first-order valence-electron chi connectivity index (χ1n) is 6.55. The van der Waals surface area contributed by atoms with E-state index in [2.05, 4.69) is 40.3 Å². The zero-order valence-corrected chi connectivity index (χ0v) is 13.5. The highest BCUT2D eigenvalue weighted by Crippen LogP contribution is 2.34. The molecule has 0 aliphatic carbocycles. The van der Waals surface area contributed by atoms with Gasteiger partial charge < -0.3 is 15.8 Å². The minimum Gasteiger partial charge on any atom is -0.489 e. The Bertz CT molecular complexity index is 611. The van der Waals surface area contributed by atoms with Crippen molar-refractivity contribution in [1.29, 1.82) is 0 Å². The van der Waals surface area contributed by atoms with Crippen molar-refractivity contribution in [1.82, 2.24) is 0 Å². The summed E-state index contributed by atoms with van der Waals surface area (Å²) in [5.41, 5.74) is 9.80. The second kappa shape index (κ2) is 6.18. The third kappa shape index (κ3) is 3.45. The molecule has 0 radical (unpaired) electrons. The van der Waals surface area contributed by atoms with E-state index in [-0.39, 0.29) is 6.10 Å². The van der Waals surface area contributed by atoms with E-state index in [0.717, 1.165) is 15.8 Å². The van der Waals surface area contributed by atoms with Crippen LogP contribution in [0.5, 0.6) is 5.75 Å². The molecule has 3 N–H and O–H groups in total. The number of hydrogen-bond donors (Lipinski definition) is 2. The van der Waals surface area contributed by atoms with E-state index >= 15 is 0 Å². The van der Waals surface area contributed by atoms with Crippen LogP contribution in [-0.2, 0) is 0 Å². The molecular formula is C16H19BrN2O. The Morgan fingerprint density at radius 1 is 1.15 bits per heavy atom. The quantitative estimate of drug-likeness (QED) is 0.784. The van der Waals surface area contributed by atoms with Gasteiger partial charge in [0, 0.05) is 4.47 Å². The number of aryl methyl sites for hydroxylation is 1. The minimum atomic E-state index is 0.0956. The molecule has 0 aliphatic heterocycles. The van der Waals surface area contributed by atoms with E-state index < -0.39 is 0 Å². The van der Waals surface area contributed by atoms with E-state index in [1.54, 1.807) is 0 Å². The molecule has 0 aromatic heterocycles. The summed E-state index contributed by atoms with van der Waals surface area (Å²) in [5, 5.41) is 3.34. The molecule has 20 heavy (non-hydrogen) atoms. The molecule has 0 bridgehead atoms. The highest BCUT2D eigenvalue weighted by molar-refractivity contribution is 9.10. The van der Waals surface area contributed by atoms with Gasteiger partial charge in [0.25, 0.3) is 0 Å². The Labute approximate surface area is 128 Å². The first-order chi connectivity index (χ1) is 9.47. The standard InChI is InChI=1S/C16H19BrN2O/c1-10(2)20-15-6-4-5-13(16(15)18)19-14-9-11(3)7-8-12(14)17/h4-10,19H,18H2,1-3H3. The lowest BCUT2D eigenvalue weighted by molar-refractivity contribution is 0.244. The number of ether oxygens (including phenoxy) is 1. The number of halogens is 1. The topological polar surface area (TPSA) is 47.3 Å². The lowest BCUT2D eigenvalue weighted by atomic mass is 10.2. The molecule has 2 aromatic carbocycles. The molecule has 0 spiro atoms. The monoisotopic (exact) mass is 334 g/mol. The molecular weight excluding hydrogens is 316 g/mol. The minimum absolute atomic E-state index is 0.0956. The molecule has 3 nitrogen and oxygen atoms in total. The second-order valence-electron chi connectivity index (χ2n) is 4.99. The van der Waals surface area contributed by atoms with Crippen LogP contribution < -0.4 is 15.8 Å². The third-order valence-electron chi connectivity index (χ3n) is 2.82. The highest BCUT2D eigenvalue weighted by Gasteiger charge is 2.09. The summed E-state index contributed by atoms with van der Waals surface area (Å²) in [6.07, 6.45) is 0.0956. The van der Waals surface area contributed by atoms with Crippen LogP contribution in [0.1, 0.15) is 19.4 Å². The van der Waals surface area contributed by atoms with Crippen LogP contribution in [0.4, 0.5) is 17.1 Å². The van der Waals surface area contributed by atoms with Gasteiger partial charge >= 0.3 is 0 Å². The van der Waals surface area contributed by atoms with Crippen LogP contribution >= 0.6 is 15.9 Å². The average Bonchev–Trinajstić information content (AvgIpc) is 2.38. The van der Waals surface area contributed by atoms with Gasteiger partial charge in [-0.25, -0.2) is 0 Å². The predicted octanol–water partition coefficient (Wildman–Crippen LogP) is 4.87. The van der Waals surface area contributed by atoms with Crippen molar-refractivity contribution in [2.24, 2.45) is 0 Å². The van der Waals surface area contributed by atoms with Crippen molar-refractivity contribution >= 4 is 33.0 Å². The lowest BCUT2D eigenvalue weighted by Gasteiger charge is -2.16. The number of nitrogen functional groups attached to an aromatic ring is 1. The fourth-order valence-corrected chi connectivity index (χ4v) is 2.24. The summed E-state index contributed by atoms with van der Waals surface area (Å²) in [4.78, 5) is 0. The summed E-state index contributed by atoms with van der Waals surface area (Å²) < 4.78 is 6.70. The van der Waals surface area contributed by atoms with Crippen LogP contribution in [0.3, 0.4) is 0 Å². The number of nitrogens with one attached hydrogen (secondary N) is 1. The summed E-state index contributed by atoms with van der Waals surface area (Å²) in [6.45, 7) is 6.02. The maximum atomic E-state index is 6.16. The van der Waals surface area contributed by atoms with Gasteiger partial charge in [0.15, 0.2) is 0 Å². The largest absolute Gasteiger partial charge is 0.489 e. The van der Waals surface area contributed by atoms with Crippen molar-refractivity contribution < 1.29 is 4.74 Å². The van der Waals surface area contributed by atoms with E-state index in [9.17, 15) is 0 Å². The van der Waals surface area contributed by atoms with Gasteiger partial charge in [0.1, 0.15) is 5.75 Å². The van der Waals surface area contributed by atoms with Gasteiger partial charge in [-0.3, -0.25) is 0 Å². The molecule has 4 heteroatoms. The second-order valence-corrected chi connectivity index (χ2v) is 5.85. The number of anilines is 3. The number of rotatable bonds is 4.